The molecule has 1 aliphatic carbocycles. The van der Waals surface area contributed by atoms with E-state index in [2.05, 4.69) is 17.4 Å². The summed E-state index contributed by atoms with van der Waals surface area (Å²) in [6.45, 7) is 7.85. The van der Waals surface area contributed by atoms with E-state index in [0.717, 1.165) is 42.5 Å². The number of aryl methyl sites for hydroxylation is 3. The van der Waals surface area contributed by atoms with E-state index in [4.69, 9.17) is 5.73 Å². The second kappa shape index (κ2) is 11.5. The van der Waals surface area contributed by atoms with Crippen molar-refractivity contribution in [3.05, 3.63) is 64.7 Å². The molecule has 5 heteroatoms. The predicted molar refractivity (Wildman–Crippen MR) is 124 cm³/mol. The minimum atomic E-state index is -0.247. The topological polar surface area (TPSA) is 75.4 Å². The Hall–Kier alpha value is -2.66. The van der Waals surface area contributed by atoms with Crippen LogP contribution in [0.25, 0.3) is 0 Å². The summed E-state index contributed by atoms with van der Waals surface area (Å²) in [4.78, 5) is 27.0. The van der Waals surface area contributed by atoms with Crippen LogP contribution < -0.4 is 16.0 Å². The second-order valence-electron chi connectivity index (χ2n) is 7.33. The van der Waals surface area contributed by atoms with E-state index >= 15 is 0 Å². The number of nitrogens with zero attached hydrogens (tertiary/aromatic N) is 1. The van der Waals surface area contributed by atoms with Crippen LogP contribution in [0.5, 0.6) is 0 Å². The maximum atomic E-state index is 12.9. The molecule has 30 heavy (non-hydrogen) atoms. The first-order valence-electron chi connectivity index (χ1n) is 11.0. The summed E-state index contributed by atoms with van der Waals surface area (Å²) in [5.74, 6) is -0.406. The van der Waals surface area contributed by atoms with Crippen LogP contribution in [-0.2, 0) is 22.4 Å². The highest BCUT2D eigenvalue weighted by molar-refractivity contribution is 6.01. The Kier molecular flexibility index (Phi) is 9.06. The zero-order valence-corrected chi connectivity index (χ0v) is 18.7. The average Bonchev–Trinajstić information content (AvgIpc) is 2.78. The Morgan fingerprint density at radius 3 is 2.57 bits per heavy atom. The van der Waals surface area contributed by atoms with E-state index in [1.807, 2.05) is 58.0 Å². The number of hydrogen-bond acceptors (Lipinski definition) is 3. The van der Waals surface area contributed by atoms with Gasteiger partial charge < -0.3 is 16.0 Å². The smallest absolute Gasteiger partial charge is 0.241 e. The van der Waals surface area contributed by atoms with E-state index in [0.29, 0.717) is 0 Å². The summed E-state index contributed by atoms with van der Waals surface area (Å²) in [5.41, 5.74) is 10.9. The van der Waals surface area contributed by atoms with Crippen LogP contribution in [0.15, 0.2) is 42.5 Å². The Morgan fingerprint density at radius 2 is 1.87 bits per heavy atom. The summed E-state index contributed by atoms with van der Waals surface area (Å²) in [7, 11) is 0. The Bertz CT molecular complexity index is 863. The van der Waals surface area contributed by atoms with Crippen molar-refractivity contribution in [1.82, 2.24) is 5.32 Å². The van der Waals surface area contributed by atoms with Crippen LogP contribution in [0.4, 0.5) is 5.69 Å². The first-order chi connectivity index (χ1) is 14.5. The van der Waals surface area contributed by atoms with Crippen molar-refractivity contribution in [1.29, 1.82) is 0 Å². The van der Waals surface area contributed by atoms with Gasteiger partial charge in [-0.3, -0.25) is 9.59 Å². The number of anilines is 1. The van der Waals surface area contributed by atoms with Crippen LogP contribution in [0.1, 0.15) is 61.9 Å². The number of rotatable bonds is 6. The fourth-order valence-corrected chi connectivity index (χ4v) is 4.08. The first kappa shape index (κ1) is 23.6. The lowest BCUT2D eigenvalue weighted by atomic mass is 9.88. The lowest BCUT2D eigenvalue weighted by molar-refractivity contribution is -0.123. The molecule has 3 N–H and O–H groups in total. The van der Waals surface area contributed by atoms with Crippen molar-refractivity contribution in [2.75, 3.05) is 18.0 Å². The first-order valence-corrected chi connectivity index (χ1v) is 11.0. The molecule has 0 aliphatic heterocycles. The summed E-state index contributed by atoms with van der Waals surface area (Å²) >= 11 is 0. The summed E-state index contributed by atoms with van der Waals surface area (Å²) in [5, 5.41) is 3.14. The molecule has 0 spiro atoms. The van der Waals surface area contributed by atoms with E-state index in [1.165, 1.54) is 16.0 Å². The van der Waals surface area contributed by atoms with Gasteiger partial charge in [0.25, 0.3) is 0 Å². The minimum Gasteiger partial charge on any atom is -0.348 e. The molecule has 0 heterocycles. The highest BCUT2D eigenvalue weighted by atomic mass is 16.2. The van der Waals surface area contributed by atoms with Crippen LogP contribution in [0.2, 0.25) is 0 Å². The molecule has 5 nitrogen and oxygen atoms in total. The van der Waals surface area contributed by atoms with Crippen molar-refractivity contribution >= 4 is 17.5 Å². The van der Waals surface area contributed by atoms with Gasteiger partial charge in [-0.1, -0.05) is 63.2 Å². The van der Waals surface area contributed by atoms with Gasteiger partial charge in [0, 0.05) is 0 Å². The Labute approximate surface area is 180 Å². The van der Waals surface area contributed by atoms with Gasteiger partial charge >= 0.3 is 0 Å². The number of hydrogen-bond donors (Lipinski definition) is 2. The molecular weight excluding hydrogens is 374 g/mol. The van der Waals surface area contributed by atoms with Gasteiger partial charge in [0.2, 0.25) is 11.8 Å². The lowest BCUT2D eigenvalue weighted by Crippen LogP contribution is -2.45. The quantitative estimate of drug-likeness (QED) is 0.755. The molecular formula is C25H35N3O2. The van der Waals surface area contributed by atoms with Gasteiger partial charge in [0.05, 0.1) is 18.3 Å². The summed E-state index contributed by atoms with van der Waals surface area (Å²) < 4.78 is 0. The van der Waals surface area contributed by atoms with Crippen molar-refractivity contribution in [3.8, 4) is 0 Å². The number of nitrogens with two attached hydrogens (primary N) is 1. The average molecular weight is 410 g/mol. The third-order valence-electron chi connectivity index (χ3n) is 5.45. The number of fused-ring (bicyclic) bond motifs is 1. The normalized spacial score (nSPS) is 14.8. The van der Waals surface area contributed by atoms with Crippen molar-refractivity contribution in [3.63, 3.8) is 0 Å². The zero-order chi connectivity index (χ0) is 22.1. The van der Waals surface area contributed by atoms with Crippen molar-refractivity contribution in [2.24, 2.45) is 5.73 Å². The third kappa shape index (κ3) is 5.48. The molecule has 0 radical (unpaired) electrons. The van der Waals surface area contributed by atoms with Crippen LogP contribution in [0, 0.1) is 6.92 Å². The highest BCUT2D eigenvalue weighted by Gasteiger charge is 2.25. The van der Waals surface area contributed by atoms with Gasteiger partial charge in [0.15, 0.2) is 0 Å². The molecule has 0 saturated carbocycles. The fourth-order valence-electron chi connectivity index (χ4n) is 4.08. The predicted octanol–water partition coefficient (Wildman–Crippen LogP) is 4.07. The molecule has 0 saturated heterocycles. The minimum absolute atomic E-state index is 0.00482. The molecule has 1 atom stereocenters. The molecule has 2 aromatic carbocycles. The molecule has 1 unspecified atom stereocenters. The second-order valence-corrected chi connectivity index (χ2v) is 7.33. The van der Waals surface area contributed by atoms with E-state index in [-0.39, 0.29) is 30.9 Å². The monoisotopic (exact) mass is 409 g/mol. The molecule has 2 amide bonds. The molecule has 0 bridgehead atoms. The Balaban J connectivity index is 0.00000155. The zero-order valence-electron chi connectivity index (χ0n) is 18.7. The molecule has 1 aliphatic rings. The Morgan fingerprint density at radius 1 is 1.13 bits per heavy atom. The highest BCUT2D eigenvalue weighted by Crippen LogP contribution is 2.30. The maximum absolute atomic E-state index is 12.9. The molecule has 162 valence electrons. The van der Waals surface area contributed by atoms with Gasteiger partial charge in [-0.2, -0.15) is 0 Å². The maximum Gasteiger partial charge on any atom is 0.241 e. The van der Waals surface area contributed by atoms with Crippen LogP contribution >= 0.6 is 0 Å². The van der Waals surface area contributed by atoms with Gasteiger partial charge in [-0.25, -0.2) is 0 Å². The summed E-state index contributed by atoms with van der Waals surface area (Å²) in [6.07, 6.45) is 3.79. The standard InChI is InChI=1S/C23H29N3O2.C2H6/c1-3-17-10-6-8-16(2)23(17)26(22(28)14-24)15-21(27)25-20-13-7-11-18-9-4-5-12-19(18)20;1-2/h4-6,8-10,12,20H,3,7,11,13-15,24H2,1-2H3,(H,25,27);1-2H3. The number of nitrogens with one attached hydrogen (secondary N) is 1. The summed E-state index contributed by atoms with van der Waals surface area (Å²) in [6, 6.07) is 14.2. The van der Waals surface area contributed by atoms with Crippen LogP contribution in [-0.4, -0.2) is 24.9 Å². The number of amides is 2. The lowest BCUT2D eigenvalue weighted by Gasteiger charge is -2.29. The fraction of sp³-hybridized carbons (Fsp3) is 0.440. The number of carbonyl (C=O) groups is 2. The van der Waals surface area contributed by atoms with Crippen molar-refractivity contribution in [2.45, 2.75) is 59.4 Å². The van der Waals surface area contributed by atoms with Gasteiger partial charge in [-0.15, -0.1) is 0 Å². The molecule has 0 fully saturated rings. The van der Waals surface area contributed by atoms with E-state index < -0.39 is 0 Å². The third-order valence-corrected chi connectivity index (χ3v) is 5.45. The number of benzene rings is 2. The molecule has 3 rings (SSSR count). The molecule has 2 aromatic rings. The molecule has 0 aromatic heterocycles. The van der Waals surface area contributed by atoms with Crippen molar-refractivity contribution < 1.29 is 9.59 Å². The van der Waals surface area contributed by atoms with E-state index in [9.17, 15) is 9.59 Å². The van der Waals surface area contributed by atoms with Gasteiger partial charge in [0.1, 0.15) is 6.54 Å². The number of carbonyl (C=O) groups excluding carboxylic acids is 2. The number of para-hydroxylation sites is 1. The van der Waals surface area contributed by atoms with Gasteiger partial charge in [-0.05, 0) is 54.9 Å². The SMILES string of the molecule is CC.CCc1cccc(C)c1N(CC(=O)NC1CCCc2ccccc21)C(=O)CN. The van der Waals surface area contributed by atoms with E-state index in [1.54, 1.807) is 0 Å². The van der Waals surface area contributed by atoms with Crippen LogP contribution in [0.3, 0.4) is 0 Å². The largest absolute Gasteiger partial charge is 0.348 e.